The van der Waals surface area contributed by atoms with Crippen LogP contribution in [0.5, 0.6) is 5.75 Å². The third-order valence-electron chi connectivity index (χ3n) is 2.29. The summed E-state index contributed by atoms with van der Waals surface area (Å²) in [5.74, 6) is 0.608. The third-order valence-corrected chi connectivity index (χ3v) is 2.99. The highest BCUT2D eigenvalue weighted by atomic mass is 32.1. The fourth-order valence-electron chi connectivity index (χ4n) is 1.48. The number of aromatic nitrogens is 2. The van der Waals surface area contributed by atoms with Crippen LogP contribution in [0.25, 0.3) is 0 Å². The van der Waals surface area contributed by atoms with Crippen LogP contribution in [-0.2, 0) is 7.05 Å². The standard InChI is InChI=1S/C10H12N2O2S/c1-12-9(8(14-2)5-11-12)10(13)7-3-4-15-6-7/h3-6,10,13H,1-2H3. The Morgan fingerprint density at radius 1 is 1.60 bits per heavy atom. The summed E-state index contributed by atoms with van der Waals surface area (Å²) in [6.07, 6.45) is 0.920. The van der Waals surface area contributed by atoms with Crippen molar-refractivity contribution in [1.29, 1.82) is 0 Å². The van der Waals surface area contributed by atoms with E-state index in [1.807, 2.05) is 16.8 Å². The highest BCUT2D eigenvalue weighted by Crippen LogP contribution is 2.30. The highest BCUT2D eigenvalue weighted by Gasteiger charge is 2.20. The molecular formula is C10H12N2O2S. The van der Waals surface area contributed by atoms with Gasteiger partial charge in [0, 0.05) is 7.05 Å². The number of aliphatic hydroxyl groups excluding tert-OH is 1. The van der Waals surface area contributed by atoms with Gasteiger partial charge in [0.2, 0.25) is 0 Å². The van der Waals surface area contributed by atoms with Crippen LogP contribution in [0, 0.1) is 0 Å². The Balaban J connectivity index is 2.40. The predicted octanol–water partition coefficient (Wildman–Crippen LogP) is 1.57. The van der Waals surface area contributed by atoms with Crippen molar-refractivity contribution in [3.63, 3.8) is 0 Å². The van der Waals surface area contributed by atoms with Crippen molar-refractivity contribution >= 4 is 11.3 Å². The summed E-state index contributed by atoms with van der Waals surface area (Å²) in [5, 5.41) is 18.0. The van der Waals surface area contributed by atoms with Crippen LogP contribution in [0.1, 0.15) is 17.4 Å². The third kappa shape index (κ3) is 1.75. The van der Waals surface area contributed by atoms with Gasteiger partial charge >= 0.3 is 0 Å². The van der Waals surface area contributed by atoms with E-state index in [0.29, 0.717) is 11.4 Å². The van der Waals surface area contributed by atoms with Gasteiger partial charge in [0.05, 0.1) is 13.3 Å². The van der Waals surface area contributed by atoms with Crippen LogP contribution in [0.2, 0.25) is 0 Å². The molecule has 0 aliphatic carbocycles. The Morgan fingerprint density at radius 2 is 2.40 bits per heavy atom. The second kappa shape index (κ2) is 4.04. The summed E-state index contributed by atoms with van der Waals surface area (Å²) < 4.78 is 6.77. The first-order chi connectivity index (χ1) is 7.24. The molecule has 0 aliphatic heterocycles. The quantitative estimate of drug-likeness (QED) is 0.861. The normalized spacial score (nSPS) is 12.7. The molecular weight excluding hydrogens is 212 g/mol. The van der Waals surface area contributed by atoms with Crippen LogP contribution in [0.3, 0.4) is 0 Å². The van der Waals surface area contributed by atoms with E-state index < -0.39 is 6.10 Å². The minimum atomic E-state index is -0.682. The molecule has 0 aromatic carbocycles. The molecule has 2 rings (SSSR count). The number of thiophene rings is 1. The van der Waals surface area contributed by atoms with Crippen molar-refractivity contribution in [2.24, 2.45) is 7.05 Å². The molecule has 2 heterocycles. The van der Waals surface area contributed by atoms with E-state index in [1.165, 1.54) is 0 Å². The van der Waals surface area contributed by atoms with Gasteiger partial charge in [0.15, 0.2) is 5.75 Å². The Hall–Kier alpha value is -1.33. The van der Waals surface area contributed by atoms with Gasteiger partial charge in [-0.2, -0.15) is 16.4 Å². The van der Waals surface area contributed by atoms with E-state index in [-0.39, 0.29) is 0 Å². The number of aryl methyl sites for hydroxylation is 1. The Morgan fingerprint density at radius 3 is 3.00 bits per heavy atom. The topological polar surface area (TPSA) is 47.3 Å². The molecule has 1 N–H and O–H groups in total. The van der Waals surface area contributed by atoms with Crippen molar-refractivity contribution in [3.05, 3.63) is 34.3 Å². The molecule has 0 spiro atoms. The zero-order valence-corrected chi connectivity index (χ0v) is 9.36. The number of hydrogen-bond acceptors (Lipinski definition) is 4. The molecule has 80 valence electrons. The molecule has 2 aromatic heterocycles. The van der Waals surface area contributed by atoms with E-state index in [0.717, 1.165) is 5.56 Å². The molecule has 0 bridgehead atoms. The molecule has 4 nitrogen and oxygen atoms in total. The number of aliphatic hydroxyl groups is 1. The first-order valence-electron chi connectivity index (χ1n) is 4.50. The monoisotopic (exact) mass is 224 g/mol. The van der Waals surface area contributed by atoms with Crippen LogP contribution in [-0.4, -0.2) is 22.0 Å². The number of hydrogen-bond donors (Lipinski definition) is 1. The van der Waals surface area contributed by atoms with Gasteiger partial charge in [-0.3, -0.25) is 4.68 Å². The smallest absolute Gasteiger partial charge is 0.162 e. The minimum absolute atomic E-state index is 0.608. The largest absolute Gasteiger partial charge is 0.493 e. The Labute approximate surface area is 91.7 Å². The van der Waals surface area contributed by atoms with Crippen molar-refractivity contribution in [2.45, 2.75) is 6.10 Å². The average molecular weight is 224 g/mol. The fourth-order valence-corrected chi connectivity index (χ4v) is 2.16. The lowest BCUT2D eigenvalue weighted by molar-refractivity contribution is 0.205. The summed E-state index contributed by atoms with van der Waals surface area (Å²) in [7, 11) is 3.36. The second-order valence-corrected chi connectivity index (χ2v) is 3.96. The van der Waals surface area contributed by atoms with E-state index >= 15 is 0 Å². The van der Waals surface area contributed by atoms with E-state index in [2.05, 4.69) is 5.10 Å². The summed E-state index contributed by atoms with van der Waals surface area (Å²) in [5.41, 5.74) is 1.54. The Kier molecular flexibility index (Phi) is 2.75. The number of methoxy groups -OCH3 is 1. The molecule has 0 amide bonds. The van der Waals surface area contributed by atoms with E-state index in [1.54, 1.807) is 36.4 Å². The summed E-state index contributed by atoms with van der Waals surface area (Å²) in [6, 6.07) is 1.89. The van der Waals surface area contributed by atoms with Crippen molar-refractivity contribution < 1.29 is 9.84 Å². The molecule has 2 aromatic rings. The molecule has 0 saturated heterocycles. The van der Waals surface area contributed by atoms with Gasteiger partial charge < -0.3 is 9.84 Å². The maximum Gasteiger partial charge on any atom is 0.162 e. The lowest BCUT2D eigenvalue weighted by Gasteiger charge is -2.11. The zero-order valence-electron chi connectivity index (χ0n) is 8.54. The highest BCUT2D eigenvalue weighted by molar-refractivity contribution is 7.07. The lowest BCUT2D eigenvalue weighted by Crippen LogP contribution is -2.07. The second-order valence-electron chi connectivity index (χ2n) is 3.18. The summed E-state index contributed by atoms with van der Waals surface area (Å²) in [4.78, 5) is 0. The average Bonchev–Trinajstić information content (AvgIpc) is 2.85. The van der Waals surface area contributed by atoms with Crippen LogP contribution in [0.4, 0.5) is 0 Å². The lowest BCUT2D eigenvalue weighted by atomic mass is 10.1. The number of nitrogens with zero attached hydrogens (tertiary/aromatic N) is 2. The molecule has 1 unspecified atom stereocenters. The fraction of sp³-hybridized carbons (Fsp3) is 0.300. The molecule has 0 radical (unpaired) electrons. The van der Waals surface area contributed by atoms with Crippen molar-refractivity contribution in [2.75, 3.05) is 7.11 Å². The van der Waals surface area contributed by atoms with Crippen molar-refractivity contribution in [3.8, 4) is 5.75 Å². The molecule has 0 aliphatic rings. The van der Waals surface area contributed by atoms with Crippen LogP contribution < -0.4 is 4.74 Å². The molecule has 1 atom stereocenters. The van der Waals surface area contributed by atoms with Gasteiger partial charge in [0.25, 0.3) is 0 Å². The SMILES string of the molecule is COc1cnn(C)c1C(O)c1ccsc1. The van der Waals surface area contributed by atoms with Crippen molar-refractivity contribution in [1.82, 2.24) is 9.78 Å². The van der Waals surface area contributed by atoms with Gasteiger partial charge in [-0.15, -0.1) is 0 Å². The van der Waals surface area contributed by atoms with Crippen LogP contribution >= 0.6 is 11.3 Å². The first kappa shape index (κ1) is 10.2. The maximum atomic E-state index is 10.1. The van der Waals surface area contributed by atoms with Gasteiger partial charge in [-0.1, -0.05) is 0 Å². The molecule has 5 heteroatoms. The molecule has 0 fully saturated rings. The van der Waals surface area contributed by atoms with E-state index in [4.69, 9.17) is 4.74 Å². The zero-order chi connectivity index (χ0) is 10.8. The number of rotatable bonds is 3. The minimum Gasteiger partial charge on any atom is -0.493 e. The molecule has 15 heavy (non-hydrogen) atoms. The van der Waals surface area contributed by atoms with Gasteiger partial charge in [-0.05, 0) is 22.4 Å². The summed E-state index contributed by atoms with van der Waals surface area (Å²) >= 11 is 1.55. The predicted molar refractivity (Wildman–Crippen MR) is 58.1 cm³/mol. The first-order valence-corrected chi connectivity index (χ1v) is 5.44. The van der Waals surface area contributed by atoms with E-state index in [9.17, 15) is 5.11 Å². The number of ether oxygens (including phenoxy) is 1. The van der Waals surface area contributed by atoms with Crippen LogP contribution in [0.15, 0.2) is 23.0 Å². The summed E-state index contributed by atoms with van der Waals surface area (Å²) in [6.45, 7) is 0. The molecule has 0 saturated carbocycles. The van der Waals surface area contributed by atoms with Gasteiger partial charge in [-0.25, -0.2) is 0 Å². The maximum absolute atomic E-state index is 10.1. The Bertz CT molecular complexity index is 436. The van der Waals surface area contributed by atoms with Gasteiger partial charge in [0.1, 0.15) is 11.8 Å².